The van der Waals surface area contributed by atoms with Crippen molar-refractivity contribution >= 4 is 5.91 Å². The maximum atomic E-state index is 13.9. The van der Waals surface area contributed by atoms with E-state index in [-0.39, 0.29) is 24.3 Å². The molecule has 0 radical (unpaired) electrons. The molecule has 21 heavy (non-hydrogen) atoms. The Morgan fingerprint density at radius 3 is 2.52 bits per heavy atom. The molecule has 0 aromatic heterocycles. The number of likely N-dealkylation sites (N-methyl/N-ethyl adjacent to an activating group) is 1. The number of halogens is 1. The van der Waals surface area contributed by atoms with Crippen LogP contribution in [0.3, 0.4) is 0 Å². The van der Waals surface area contributed by atoms with E-state index >= 15 is 0 Å². The topological polar surface area (TPSA) is 55.6 Å². The van der Waals surface area contributed by atoms with Crippen molar-refractivity contribution in [2.75, 3.05) is 19.7 Å². The van der Waals surface area contributed by atoms with Crippen LogP contribution in [0.25, 0.3) is 0 Å². The van der Waals surface area contributed by atoms with Gasteiger partial charge in [0.15, 0.2) is 18.2 Å². The Bertz CT molecular complexity index is 462. The summed E-state index contributed by atoms with van der Waals surface area (Å²) in [6, 6.07) is 4.80. The highest BCUT2D eigenvalue weighted by Gasteiger charge is 2.12. The van der Waals surface area contributed by atoms with E-state index in [0.29, 0.717) is 19.5 Å². The van der Waals surface area contributed by atoms with Crippen molar-refractivity contribution in [2.24, 2.45) is 5.73 Å². The zero-order valence-corrected chi connectivity index (χ0v) is 13.1. The minimum absolute atomic E-state index is 0.0282. The molecule has 2 N–H and O–H groups in total. The molecule has 1 atom stereocenters. The molecular weight excluding hydrogens is 271 g/mol. The molecule has 0 saturated carbocycles. The molecule has 1 amide bonds. The lowest BCUT2D eigenvalue weighted by Gasteiger charge is -2.19. The summed E-state index contributed by atoms with van der Waals surface area (Å²) < 4.78 is 19.2. The quantitative estimate of drug-likeness (QED) is 0.801. The van der Waals surface area contributed by atoms with Crippen molar-refractivity contribution in [3.8, 4) is 5.75 Å². The second kappa shape index (κ2) is 8.62. The van der Waals surface area contributed by atoms with E-state index in [1.165, 1.54) is 6.07 Å². The van der Waals surface area contributed by atoms with Crippen LogP contribution in [-0.4, -0.2) is 36.5 Å². The molecule has 0 heterocycles. The first-order valence-electron chi connectivity index (χ1n) is 7.46. The molecule has 0 bridgehead atoms. The summed E-state index contributed by atoms with van der Waals surface area (Å²) in [5, 5.41) is 0. The van der Waals surface area contributed by atoms with Crippen LogP contribution in [0.1, 0.15) is 32.8 Å². The van der Waals surface area contributed by atoms with Crippen LogP contribution >= 0.6 is 0 Å². The van der Waals surface area contributed by atoms with Gasteiger partial charge in [-0.2, -0.15) is 0 Å². The Balaban J connectivity index is 2.62. The van der Waals surface area contributed by atoms with E-state index in [1.807, 2.05) is 20.8 Å². The van der Waals surface area contributed by atoms with Crippen LogP contribution in [0.5, 0.6) is 5.75 Å². The second-order valence-electron chi connectivity index (χ2n) is 4.99. The highest BCUT2D eigenvalue weighted by Crippen LogP contribution is 2.19. The van der Waals surface area contributed by atoms with Crippen molar-refractivity contribution in [3.05, 3.63) is 29.6 Å². The molecule has 0 aliphatic carbocycles. The molecule has 1 unspecified atom stereocenters. The van der Waals surface area contributed by atoms with Gasteiger partial charge < -0.3 is 15.4 Å². The third-order valence-electron chi connectivity index (χ3n) is 3.49. The number of amides is 1. The van der Waals surface area contributed by atoms with Gasteiger partial charge >= 0.3 is 0 Å². The van der Waals surface area contributed by atoms with Crippen LogP contribution in [0.2, 0.25) is 0 Å². The fourth-order valence-corrected chi connectivity index (χ4v) is 2.04. The fraction of sp³-hybridized carbons (Fsp3) is 0.562. The number of hydrogen-bond acceptors (Lipinski definition) is 3. The number of benzene rings is 1. The van der Waals surface area contributed by atoms with E-state index < -0.39 is 5.82 Å². The summed E-state index contributed by atoms with van der Waals surface area (Å²) >= 11 is 0. The molecule has 0 aliphatic rings. The largest absolute Gasteiger partial charge is 0.481 e. The molecule has 0 spiro atoms. The third kappa shape index (κ3) is 5.34. The molecule has 0 fully saturated rings. The first kappa shape index (κ1) is 17.4. The molecule has 5 heteroatoms. The molecule has 118 valence electrons. The van der Waals surface area contributed by atoms with Crippen molar-refractivity contribution in [1.29, 1.82) is 0 Å². The van der Waals surface area contributed by atoms with Gasteiger partial charge in [0.2, 0.25) is 0 Å². The molecule has 0 aliphatic heterocycles. The predicted octanol–water partition coefficient (Wildman–Crippen LogP) is 2.35. The van der Waals surface area contributed by atoms with E-state index in [0.717, 1.165) is 12.0 Å². The van der Waals surface area contributed by atoms with E-state index in [1.54, 1.807) is 17.0 Å². The van der Waals surface area contributed by atoms with Crippen molar-refractivity contribution < 1.29 is 13.9 Å². The van der Waals surface area contributed by atoms with Gasteiger partial charge in [0.25, 0.3) is 5.91 Å². The Morgan fingerprint density at radius 1 is 1.33 bits per heavy atom. The number of nitrogens with zero attached hydrogens (tertiary/aromatic N) is 1. The van der Waals surface area contributed by atoms with E-state index in [9.17, 15) is 9.18 Å². The fourth-order valence-electron chi connectivity index (χ4n) is 2.04. The minimum atomic E-state index is -0.455. The average Bonchev–Trinajstić information content (AvgIpc) is 2.47. The summed E-state index contributed by atoms with van der Waals surface area (Å²) in [6.07, 6.45) is 1.48. The maximum Gasteiger partial charge on any atom is 0.260 e. The van der Waals surface area contributed by atoms with Gasteiger partial charge in [-0.25, -0.2) is 4.39 Å². The van der Waals surface area contributed by atoms with Crippen LogP contribution in [-0.2, 0) is 11.2 Å². The van der Waals surface area contributed by atoms with Gasteiger partial charge in [-0.3, -0.25) is 4.79 Å². The average molecular weight is 296 g/mol. The van der Waals surface area contributed by atoms with Crippen LogP contribution in [0.15, 0.2) is 18.2 Å². The predicted molar refractivity (Wildman–Crippen MR) is 81.8 cm³/mol. The van der Waals surface area contributed by atoms with Gasteiger partial charge in [0.1, 0.15) is 0 Å². The van der Waals surface area contributed by atoms with Crippen LogP contribution in [0, 0.1) is 5.82 Å². The normalized spacial score (nSPS) is 12.0. The van der Waals surface area contributed by atoms with Gasteiger partial charge in [-0.15, -0.1) is 0 Å². The standard InChI is InChI=1S/C16H25FN2O2/c1-4-13(18)9-12-7-8-15(14(17)10-12)21-11-16(20)19(5-2)6-3/h7-8,10,13H,4-6,9,11,18H2,1-3H3. The molecule has 1 aromatic carbocycles. The first-order valence-corrected chi connectivity index (χ1v) is 7.46. The first-order chi connectivity index (χ1) is 10.0. The molecule has 0 saturated heterocycles. The molecule has 4 nitrogen and oxygen atoms in total. The van der Waals surface area contributed by atoms with Crippen molar-refractivity contribution in [2.45, 2.75) is 39.7 Å². The van der Waals surface area contributed by atoms with Crippen molar-refractivity contribution in [1.82, 2.24) is 4.90 Å². The van der Waals surface area contributed by atoms with Crippen LogP contribution < -0.4 is 10.5 Å². The summed E-state index contributed by atoms with van der Waals surface area (Å²) in [7, 11) is 0. The van der Waals surface area contributed by atoms with Gasteiger partial charge in [-0.1, -0.05) is 13.0 Å². The number of carbonyl (C=O) groups is 1. The zero-order valence-electron chi connectivity index (χ0n) is 13.1. The van der Waals surface area contributed by atoms with Crippen molar-refractivity contribution in [3.63, 3.8) is 0 Å². The summed E-state index contributed by atoms with van der Waals surface area (Å²) in [5.41, 5.74) is 6.69. The highest BCUT2D eigenvalue weighted by molar-refractivity contribution is 5.77. The third-order valence-corrected chi connectivity index (χ3v) is 3.49. The smallest absolute Gasteiger partial charge is 0.260 e. The van der Waals surface area contributed by atoms with Gasteiger partial charge in [-0.05, 0) is 44.4 Å². The number of ether oxygens (including phenoxy) is 1. The summed E-state index contributed by atoms with van der Waals surface area (Å²) in [4.78, 5) is 13.4. The second-order valence-corrected chi connectivity index (χ2v) is 4.99. The van der Waals surface area contributed by atoms with Crippen LogP contribution in [0.4, 0.5) is 4.39 Å². The lowest BCUT2D eigenvalue weighted by molar-refractivity contribution is -0.133. The minimum Gasteiger partial charge on any atom is -0.481 e. The number of carbonyl (C=O) groups excluding carboxylic acids is 1. The highest BCUT2D eigenvalue weighted by atomic mass is 19.1. The summed E-state index contributed by atoms with van der Waals surface area (Å²) in [6.45, 7) is 6.88. The Morgan fingerprint density at radius 2 is 2.00 bits per heavy atom. The number of nitrogens with two attached hydrogens (primary N) is 1. The molecule has 1 rings (SSSR count). The number of hydrogen-bond donors (Lipinski definition) is 1. The zero-order chi connectivity index (χ0) is 15.8. The Labute approximate surface area is 126 Å². The van der Waals surface area contributed by atoms with E-state index in [4.69, 9.17) is 10.5 Å². The summed E-state index contributed by atoms with van der Waals surface area (Å²) in [5.74, 6) is -0.496. The number of rotatable bonds is 8. The van der Waals surface area contributed by atoms with Gasteiger partial charge in [0, 0.05) is 19.1 Å². The maximum absolute atomic E-state index is 13.9. The Hall–Kier alpha value is -1.62. The van der Waals surface area contributed by atoms with E-state index in [2.05, 4.69) is 0 Å². The SMILES string of the molecule is CCC(N)Cc1ccc(OCC(=O)N(CC)CC)c(F)c1. The monoisotopic (exact) mass is 296 g/mol. The Kier molecular flexibility index (Phi) is 7.15. The lowest BCUT2D eigenvalue weighted by atomic mass is 10.0. The lowest BCUT2D eigenvalue weighted by Crippen LogP contribution is -2.34. The molecular formula is C16H25FN2O2. The molecule has 1 aromatic rings. The van der Waals surface area contributed by atoms with Gasteiger partial charge in [0.05, 0.1) is 0 Å².